The van der Waals surface area contributed by atoms with E-state index < -0.39 is 0 Å². The number of likely N-dealkylation sites (tertiary alicyclic amines) is 1. The van der Waals surface area contributed by atoms with Gasteiger partial charge in [0, 0.05) is 18.1 Å². The zero-order valence-electron chi connectivity index (χ0n) is 16.7. The number of carbonyl (C=O) groups excluding carboxylic acids is 1. The molecule has 0 saturated carbocycles. The fourth-order valence-electron chi connectivity index (χ4n) is 3.62. The molecule has 0 aliphatic carbocycles. The minimum Gasteiger partial charge on any atom is -0.491 e. The number of rotatable bonds is 7. The second-order valence-corrected chi connectivity index (χ2v) is 8.06. The highest BCUT2D eigenvalue weighted by Crippen LogP contribution is 2.22. The molecule has 0 spiro atoms. The maximum absolute atomic E-state index is 12.7. The van der Waals surface area contributed by atoms with E-state index in [4.69, 9.17) is 16.3 Å². The van der Waals surface area contributed by atoms with Gasteiger partial charge in [0.05, 0.1) is 12.0 Å². The van der Waals surface area contributed by atoms with Gasteiger partial charge < -0.3 is 10.1 Å². The first-order chi connectivity index (χ1) is 13.5. The summed E-state index contributed by atoms with van der Waals surface area (Å²) in [6, 6.07) is 15.8. The molecule has 0 bridgehead atoms. The Morgan fingerprint density at radius 3 is 2.79 bits per heavy atom. The van der Waals surface area contributed by atoms with E-state index in [0.717, 1.165) is 54.4 Å². The summed E-state index contributed by atoms with van der Waals surface area (Å²) in [6.07, 6.45) is 1.95. The number of halogens is 1. The molecule has 1 aliphatic heterocycles. The Labute approximate surface area is 172 Å². The van der Waals surface area contributed by atoms with Crippen molar-refractivity contribution < 1.29 is 9.53 Å². The minimum absolute atomic E-state index is 0.0112. The van der Waals surface area contributed by atoms with Gasteiger partial charge in [-0.2, -0.15) is 0 Å². The van der Waals surface area contributed by atoms with Crippen LogP contribution >= 0.6 is 11.6 Å². The van der Waals surface area contributed by atoms with Gasteiger partial charge in [-0.15, -0.1) is 0 Å². The van der Waals surface area contributed by atoms with Gasteiger partial charge in [0.1, 0.15) is 12.4 Å². The molecule has 2 atom stereocenters. The summed E-state index contributed by atoms with van der Waals surface area (Å²) < 4.78 is 5.86. The van der Waals surface area contributed by atoms with Crippen LogP contribution in [0.2, 0.25) is 5.02 Å². The van der Waals surface area contributed by atoms with Crippen molar-refractivity contribution in [3.8, 4) is 5.75 Å². The van der Waals surface area contributed by atoms with Crippen LogP contribution in [0, 0.1) is 12.8 Å². The average Bonchev–Trinajstić information content (AvgIpc) is 2.69. The third-order valence-electron chi connectivity index (χ3n) is 5.20. The van der Waals surface area contributed by atoms with Crippen LogP contribution in [0.5, 0.6) is 5.75 Å². The summed E-state index contributed by atoms with van der Waals surface area (Å²) in [6.45, 7) is 7.03. The van der Waals surface area contributed by atoms with Crippen molar-refractivity contribution in [3.63, 3.8) is 0 Å². The number of nitrogens with zero attached hydrogens (tertiary/aromatic N) is 1. The van der Waals surface area contributed by atoms with Crippen molar-refractivity contribution in [1.29, 1.82) is 0 Å². The molecule has 0 aromatic heterocycles. The number of carbonyl (C=O) groups is 1. The van der Waals surface area contributed by atoms with E-state index in [1.165, 1.54) is 0 Å². The predicted octanol–water partition coefficient (Wildman–Crippen LogP) is 4.44. The molecule has 150 valence electrons. The Kier molecular flexibility index (Phi) is 7.35. The topological polar surface area (TPSA) is 41.6 Å². The number of benzene rings is 2. The molecule has 5 heteroatoms. The van der Waals surface area contributed by atoms with E-state index in [2.05, 4.69) is 16.3 Å². The quantitative estimate of drug-likeness (QED) is 0.746. The van der Waals surface area contributed by atoms with Gasteiger partial charge in [0.2, 0.25) is 5.91 Å². The molecule has 1 saturated heterocycles. The number of para-hydroxylation sites is 1. The maximum Gasteiger partial charge on any atom is 0.224 e. The highest BCUT2D eigenvalue weighted by atomic mass is 35.5. The minimum atomic E-state index is -0.0361. The van der Waals surface area contributed by atoms with Crippen molar-refractivity contribution in [3.05, 3.63) is 64.7 Å². The Bertz CT molecular complexity index is 796. The first-order valence-corrected chi connectivity index (χ1v) is 10.4. The van der Waals surface area contributed by atoms with Gasteiger partial charge in [-0.1, -0.05) is 48.0 Å². The molecule has 28 heavy (non-hydrogen) atoms. The van der Waals surface area contributed by atoms with E-state index in [9.17, 15) is 4.79 Å². The van der Waals surface area contributed by atoms with Crippen LogP contribution in [0.4, 0.5) is 0 Å². The number of piperidine rings is 1. The molecule has 3 rings (SSSR count). The first kappa shape index (κ1) is 20.7. The van der Waals surface area contributed by atoms with Crippen LogP contribution < -0.4 is 10.1 Å². The Morgan fingerprint density at radius 2 is 2.00 bits per heavy atom. The third kappa shape index (κ3) is 5.73. The summed E-state index contributed by atoms with van der Waals surface area (Å²) in [7, 11) is 0. The van der Waals surface area contributed by atoms with Gasteiger partial charge in [0.25, 0.3) is 0 Å². The van der Waals surface area contributed by atoms with Crippen molar-refractivity contribution >= 4 is 17.5 Å². The van der Waals surface area contributed by atoms with Crippen LogP contribution in [0.15, 0.2) is 48.5 Å². The normalized spacial score (nSPS) is 18.5. The van der Waals surface area contributed by atoms with Gasteiger partial charge in [-0.05, 0) is 56.5 Å². The molecule has 2 aromatic carbocycles. The number of hydrogen-bond acceptors (Lipinski definition) is 3. The lowest BCUT2D eigenvalue weighted by molar-refractivity contribution is -0.127. The van der Waals surface area contributed by atoms with Gasteiger partial charge in [-0.3, -0.25) is 9.69 Å². The maximum atomic E-state index is 12.7. The summed E-state index contributed by atoms with van der Waals surface area (Å²) in [4.78, 5) is 15.1. The lowest BCUT2D eigenvalue weighted by Gasteiger charge is -2.32. The van der Waals surface area contributed by atoms with Crippen LogP contribution in [0.25, 0.3) is 0 Å². The molecule has 1 N–H and O–H groups in total. The number of hydrogen-bond donors (Lipinski definition) is 1. The molecule has 1 heterocycles. The molecular weight excluding hydrogens is 372 g/mol. The molecule has 4 nitrogen and oxygen atoms in total. The first-order valence-electron chi connectivity index (χ1n) is 9.97. The molecule has 1 amide bonds. The summed E-state index contributed by atoms with van der Waals surface area (Å²) in [5.74, 6) is 0.995. The fraction of sp³-hybridized carbons (Fsp3) is 0.435. The van der Waals surface area contributed by atoms with E-state index in [0.29, 0.717) is 6.61 Å². The number of amides is 1. The van der Waals surface area contributed by atoms with Crippen molar-refractivity contribution in [1.82, 2.24) is 10.2 Å². The Hall–Kier alpha value is -2.04. The zero-order chi connectivity index (χ0) is 19.9. The highest BCUT2D eigenvalue weighted by Gasteiger charge is 2.27. The standard InChI is InChI=1S/C23H29ClN2O2/c1-17-8-3-6-12-22(17)28-16-18(2)25-23(27)20-10-7-13-26(15-20)14-19-9-4-5-11-21(19)24/h3-6,8-9,11-12,18,20H,7,10,13-16H2,1-2H3,(H,25,27)/t18-,20-/m1/s1. The van der Waals surface area contributed by atoms with Crippen molar-refractivity contribution in [2.45, 2.75) is 39.3 Å². The molecular formula is C23H29ClN2O2. The largest absolute Gasteiger partial charge is 0.491 e. The number of nitrogens with one attached hydrogen (secondary N) is 1. The van der Waals surface area contributed by atoms with Crippen LogP contribution in [-0.4, -0.2) is 36.5 Å². The summed E-state index contributed by atoms with van der Waals surface area (Å²) >= 11 is 6.29. The smallest absolute Gasteiger partial charge is 0.224 e. The van der Waals surface area contributed by atoms with E-state index >= 15 is 0 Å². The predicted molar refractivity (Wildman–Crippen MR) is 114 cm³/mol. The zero-order valence-corrected chi connectivity index (χ0v) is 17.4. The van der Waals surface area contributed by atoms with E-state index in [-0.39, 0.29) is 17.9 Å². The Balaban J connectivity index is 1.48. The second kappa shape index (κ2) is 9.94. The second-order valence-electron chi connectivity index (χ2n) is 7.65. The van der Waals surface area contributed by atoms with E-state index in [1.807, 2.05) is 56.3 Å². The molecule has 0 radical (unpaired) electrons. The molecule has 0 unspecified atom stereocenters. The van der Waals surface area contributed by atoms with Crippen LogP contribution in [0.3, 0.4) is 0 Å². The third-order valence-corrected chi connectivity index (χ3v) is 5.57. The molecule has 1 aliphatic rings. The van der Waals surface area contributed by atoms with Crippen LogP contribution in [-0.2, 0) is 11.3 Å². The SMILES string of the molecule is Cc1ccccc1OC[C@@H](C)NC(=O)[C@@H]1CCCN(Cc2ccccc2Cl)C1. The summed E-state index contributed by atoms with van der Waals surface area (Å²) in [5.41, 5.74) is 2.22. The van der Waals surface area contributed by atoms with Gasteiger partial charge in [-0.25, -0.2) is 0 Å². The molecule has 1 fully saturated rings. The lowest BCUT2D eigenvalue weighted by atomic mass is 9.96. The number of aryl methyl sites for hydroxylation is 1. The fourth-order valence-corrected chi connectivity index (χ4v) is 3.81. The average molecular weight is 401 g/mol. The summed E-state index contributed by atoms with van der Waals surface area (Å²) in [5, 5.41) is 3.91. The molecule has 2 aromatic rings. The number of ether oxygens (including phenoxy) is 1. The van der Waals surface area contributed by atoms with E-state index in [1.54, 1.807) is 0 Å². The van der Waals surface area contributed by atoms with Gasteiger partial charge in [0.15, 0.2) is 0 Å². The van der Waals surface area contributed by atoms with Crippen LogP contribution in [0.1, 0.15) is 30.9 Å². The lowest BCUT2D eigenvalue weighted by Crippen LogP contribution is -2.46. The van der Waals surface area contributed by atoms with Crippen molar-refractivity contribution in [2.24, 2.45) is 5.92 Å². The highest BCUT2D eigenvalue weighted by molar-refractivity contribution is 6.31. The monoisotopic (exact) mass is 400 g/mol. The van der Waals surface area contributed by atoms with Crippen molar-refractivity contribution in [2.75, 3.05) is 19.7 Å². The Morgan fingerprint density at radius 1 is 1.25 bits per heavy atom. The van der Waals surface area contributed by atoms with Gasteiger partial charge >= 0.3 is 0 Å².